The van der Waals surface area contributed by atoms with Crippen LogP contribution in [0.15, 0.2) is 40.3 Å². The summed E-state index contributed by atoms with van der Waals surface area (Å²) >= 11 is 2.93. The lowest BCUT2D eigenvalue weighted by atomic mass is 10.2. The molecule has 9 heteroatoms. The number of carbonyl (C=O) groups is 1. The van der Waals surface area contributed by atoms with Gasteiger partial charge in [0.1, 0.15) is 15.6 Å². The first-order valence-corrected chi connectivity index (χ1v) is 12.0. The summed E-state index contributed by atoms with van der Waals surface area (Å²) < 4.78 is 29.3. The lowest BCUT2D eigenvalue weighted by Gasteiger charge is -2.27. The number of aryl methyl sites for hydroxylation is 1. The van der Waals surface area contributed by atoms with Crippen molar-refractivity contribution in [1.29, 1.82) is 0 Å². The number of furan rings is 1. The second-order valence-electron chi connectivity index (χ2n) is 6.48. The van der Waals surface area contributed by atoms with Crippen LogP contribution in [0.5, 0.6) is 0 Å². The van der Waals surface area contributed by atoms with Gasteiger partial charge in [-0.05, 0) is 36.9 Å². The fourth-order valence-corrected chi connectivity index (χ4v) is 6.74. The first kappa shape index (κ1) is 18.4. The third-order valence-electron chi connectivity index (χ3n) is 4.54. The van der Waals surface area contributed by atoms with Gasteiger partial charge in [-0.3, -0.25) is 4.79 Å². The molecule has 142 valence electrons. The van der Waals surface area contributed by atoms with Crippen molar-refractivity contribution in [2.45, 2.75) is 25.9 Å². The number of hydrogen-bond acceptors (Lipinski definition) is 7. The maximum absolute atomic E-state index is 13.3. The molecule has 1 aliphatic heterocycles. The topological polar surface area (TPSA) is 80.5 Å². The van der Waals surface area contributed by atoms with Crippen molar-refractivity contribution in [3.8, 4) is 9.88 Å². The molecular formula is C18H18N2O4S3. The summed E-state index contributed by atoms with van der Waals surface area (Å²) in [7, 11) is -3.11. The van der Waals surface area contributed by atoms with Crippen LogP contribution in [-0.4, -0.2) is 41.8 Å². The second-order valence-corrected chi connectivity index (χ2v) is 10.7. The fraction of sp³-hybridized carbons (Fsp3) is 0.333. The second kappa shape index (κ2) is 7.21. The summed E-state index contributed by atoms with van der Waals surface area (Å²) in [5.74, 6) is 0.552. The number of rotatable bonds is 5. The molecule has 6 nitrogen and oxygen atoms in total. The Labute approximate surface area is 165 Å². The predicted molar refractivity (Wildman–Crippen MR) is 106 cm³/mol. The SMILES string of the molecule is Cc1nc(-c2cccs2)sc1C(=O)N(Cc1ccco1)C1CCS(=O)(=O)C1. The van der Waals surface area contributed by atoms with Gasteiger partial charge in [0, 0.05) is 6.04 Å². The third kappa shape index (κ3) is 3.85. The van der Waals surface area contributed by atoms with Gasteiger partial charge in [-0.15, -0.1) is 22.7 Å². The monoisotopic (exact) mass is 422 g/mol. The van der Waals surface area contributed by atoms with Crippen molar-refractivity contribution >= 4 is 38.4 Å². The average molecular weight is 423 g/mol. The maximum Gasteiger partial charge on any atom is 0.266 e. The number of amides is 1. The molecule has 3 aromatic heterocycles. The van der Waals surface area contributed by atoms with Crippen LogP contribution in [0.25, 0.3) is 9.88 Å². The van der Waals surface area contributed by atoms with Crippen LogP contribution in [0.4, 0.5) is 0 Å². The van der Waals surface area contributed by atoms with Gasteiger partial charge in [0.05, 0.1) is 34.9 Å². The van der Waals surface area contributed by atoms with Crippen molar-refractivity contribution in [3.63, 3.8) is 0 Å². The van der Waals surface area contributed by atoms with E-state index in [0.717, 1.165) is 9.88 Å². The maximum atomic E-state index is 13.3. The van der Waals surface area contributed by atoms with E-state index >= 15 is 0 Å². The molecule has 1 atom stereocenters. The first-order valence-electron chi connectivity index (χ1n) is 8.48. The largest absolute Gasteiger partial charge is 0.467 e. The Morgan fingerprint density at radius 3 is 2.85 bits per heavy atom. The van der Waals surface area contributed by atoms with E-state index in [1.54, 1.807) is 34.6 Å². The predicted octanol–water partition coefficient (Wildman–Crippen LogP) is 3.60. The van der Waals surface area contributed by atoms with Crippen LogP contribution in [0.2, 0.25) is 0 Å². The number of sulfone groups is 1. The zero-order valence-corrected chi connectivity index (χ0v) is 17.1. The summed E-state index contributed by atoms with van der Waals surface area (Å²) in [6, 6.07) is 7.13. The van der Waals surface area contributed by atoms with Gasteiger partial charge in [0.25, 0.3) is 5.91 Å². The summed E-state index contributed by atoms with van der Waals surface area (Å²) in [6.07, 6.45) is 2.00. The van der Waals surface area contributed by atoms with Crippen LogP contribution in [0.3, 0.4) is 0 Å². The number of nitrogens with zero attached hydrogens (tertiary/aromatic N) is 2. The van der Waals surface area contributed by atoms with Crippen molar-refractivity contribution in [3.05, 3.63) is 52.2 Å². The summed E-state index contributed by atoms with van der Waals surface area (Å²) in [4.78, 5) is 21.1. The van der Waals surface area contributed by atoms with E-state index in [1.807, 2.05) is 24.4 Å². The molecule has 1 aliphatic rings. The van der Waals surface area contributed by atoms with E-state index in [1.165, 1.54) is 11.3 Å². The van der Waals surface area contributed by atoms with Crippen molar-refractivity contribution in [1.82, 2.24) is 9.88 Å². The molecule has 0 N–H and O–H groups in total. The zero-order chi connectivity index (χ0) is 19.0. The molecule has 1 unspecified atom stereocenters. The van der Waals surface area contributed by atoms with Crippen molar-refractivity contribution in [2.24, 2.45) is 0 Å². The van der Waals surface area contributed by atoms with Crippen LogP contribution in [0.1, 0.15) is 27.5 Å². The molecule has 0 radical (unpaired) electrons. The highest BCUT2D eigenvalue weighted by atomic mass is 32.2. The van der Waals surface area contributed by atoms with Crippen molar-refractivity contribution in [2.75, 3.05) is 11.5 Å². The van der Waals surface area contributed by atoms with Gasteiger partial charge in [-0.25, -0.2) is 13.4 Å². The number of hydrogen-bond donors (Lipinski definition) is 0. The van der Waals surface area contributed by atoms with Gasteiger partial charge in [-0.1, -0.05) is 6.07 Å². The first-order chi connectivity index (χ1) is 12.9. The van der Waals surface area contributed by atoms with E-state index in [-0.39, 0.29) is 30.0 Å². The Balaban J connectivity index is 1.66. The molecule has 4 heterocycles. The molecule has 1 saturated heterocycles. The normalized spacial score (nSPS) is 18.6. The minimum atomic E-state index is -3.11. The molecule has 1 fully saturated rings. The molecule has 27 heavy (non-hydrogen) atoms. The fourth-order valence-electron chi connectivity index (χ4n) is 3.19. The summed E-state index contributed by atoms with van der Waals surface area (Å²) in [6.45, 7) is 2.06. The third-order valence-corrected chi connectivity index (χ3v) is 8.47. The van der Waals surface area contributed by atoms with E-state index in [2.05, 4.69) is 4.98 Å². The zero-order valence-electron chi connectivity index (χ0n) is 14.6. The van der Waals surface area contributed by atoms with Crippen molar-refractivity contribution < 1.29 is 17.6 Å². The number of aromatic nitrogens is 1. The molecule has 0 saturated carbocycles. The molecule has 4 rings (SSSR count). The number of carbonyl (C=O) groups excluding carboxylic acids is 1. The van der Waals surface area contributed by atoms with Gasteiger partial charge in [-0.2, -0.15) is 0 Å². The Hall–Kier alpha value is -1.97. The van der Waals surface area contributed by atoms with Gasteiger partial charge < -0.3 is 9.32 Å². The highest BCUT2D eigenvalue weighted by Crippen LogP contribution is 2.33. The van der Waals surface area contributed by atoms with Crippen LogP contribution in [-0.2, 0) is 16.4 Å². The Morgan fingerprint density at radius 2 is 2.22 bits per heavy atom. The average Bonchev–Trinajstić information content (AvgIpc) is 3.39. The molecule has 0 aliphatic carbocycles. The van der Waals surface area contributed by atoms with Crippen LogP contribution >= 0.6 is 22.7 Å². The number of thiazole rings is 1. The molecular weight excluding hydrogens is 404 g/mol. The molecule has 3 aromatic rings. The summed E-state index contributed by atoms with van der Waals surface area (Å²) in [5, 5.41) is 2.78. The van der Waals surface area contributed by atoms with E-state index in [4.69, 9.17) is 4.42 Å². The summed E-state index contributed by atoms with van der Waals surface area (Å²) in [5.41, 5.74) is 0.665. The molecule has 0 aromatic carbocycles. The lowest BCUT2D eigenvalue weighted by molar-refractivity contribution is 0.0670. The smallest absolute Gasteiger partial charge is 0.266 e. The lowest BCUT2D eigenvalue weighted by Crippen LogP contribution is -2.40. The number of thiophene rings is 1. The van der Waals surface area contributed by atoms with Gasteiger partial charge in [0.2, 0.25) is 0 Å². The van der Waals surface area contributed by atoms with E-state index < -0.39 is 9.84 Å². The highest BCUT2D eigenvalue weighted by molar-refractivity contribution is 7.91. The standard InChI is InChI=1S/C18H18N2O4S3/c1-12-16(26-17(19-12)15-5-3-8-25-15)18(21)20(10-14-4-2-7-24-14)13-6-9-27(22,23)11-13/h2-5,7-8,13H,6,9-11H2,1H3. The van der Waals surface area contributed by atoms with E-state index in [9.17, 15) is 13.2 Å². The van der Waals surface area contributed by atoms with Crippen LogP contribution < -0.4 is 0 Å². The minimum absolute atomic E-state index is 0.00488. The van der Waals surface area contributed by atoms with Gasteiger partial charge in [0.15, 0.2) is 9.84 Å². The quantitative estimate of drug-likeness (QED) is 0.628. The molecule has 0 spiro atoms. The van der Waals surface area contributed by atoms with Crippen LogP contribution in [0, 0.1) is 6.92 Å². The molecule has 1 amide bonds. The minimum Gasteiger partial charge on any atom is -0.467 e. The Morgan fingerprint density at radius 1 is 1.37 bits per heavy atom. The Bertz CT molecular complexity index is 1040. The Kier molecular flexibility index (Phi) is 4.92. The van der Waals surface area contributed by atoms with Gasteiger partial charge >= 0.3 is 0 Å². The van der Waals surface area contributed by atoms with E-state index in [0.29, 0.717) is 22.8 Å². The highest BCUT2D eigenvalue weighted by Gasteiger charge is 2.36. The molecule has 0 bridgehead atoms.